The van der Waals surface area contributed by atoms with Gasteiger partial charge in [-0.05, 0) is 39.0 Å². The van der Waals surface area contributed by atoms with Crippen molar-refractivity contribution in [3.8, 4) is 0 Å². The summed E-state index contributed by atoms with van der Waals surface area (Å²) < 4.78 is 0. The zero-order valence-electron chi connectivity index (χ0n) is 12.7. The number of nitrogens with zero attached hydrogens (tertiary/aromatic N) is 1. The van der Waals surface area contributed by atoms with Crippen LogP contribution in [0.25, 0.3) is 0 Å². The Labute approximate surface area is 114 Å². The van der Waals surface area contributed by atoms with E-state index in [0.717, 1.165) is 18.1 Å². The van der Waals surface area contributed by atoms with Crippen molar-refractivity contribution in [3.05, 3.63) is 0 Å². The van der Waals surface area contributed by atoms with E-state index in [1.54, 1.807) is 0 Å². The quantitative estimate of drug-likeness (QED) is 0.540. The number of rotatable bonds is 8. The van der Waals surface area contributed by atoms with Crippen molar-refractivity contribution in [1.29, 1.82) is 0 Å². The van der Waals surface area contributed by atoms with E-state index < -0.39 is 0 Å². The third kappa shape index (κ3) is 3.73. The summed E-state index contributed by atoms with van der Waals surface area (Å²) in [5, 5.41) is 0. The predicted molar refractivity (Wildman–Crippen MR) is 80.0 cm³/mol. The van der Waals surface area contributed by atoms with Crippen molar-refractivity contribution >= 4 is 0 Å². The molecule has 0 amide bonds. The van der Waals surface area contributed by atoms with E-state index in [9.17, 15) is 0 Å². The van der Waals surface area contributed by atoms with Gasteiger partial charge in [0.25, 0.3) is 0 Å². The molecular weight excluding hydrogens is 218 g/mol. The topological polar surface area (TPSA) is 3.24 Å². The molecule has 0 aromatic heterocycles. The molecule has 2 saturated heterocycles. The first-order valence-corrected chi connectivity index (χ1v) is 8.60. The van der Waals surface area contributed by atoms with Gasteiger partial charge in [-0.2, -0.15) is 0 Å². The number of fused-ring (bicyclic) bond motifs is 1. The molecule has 2 fully saturated rings. The van der Waals surface area contributed by atoms with Gasteiger partial charge >= 0.3 is 0 Å². The van der Waals surface area contributed by atoms with Gasteiger partial charge in [0.2, 0.25) is 0 Å². The molecule has 2 heterocycles. The molecule has 18 heavy (non-hydrogen) atoms. The molecule has 0 aliphatic carbocycles. The summed E-state index contributed by atoms with van der Waals surface area (Å²) in [5.41, 5.74) is 0. The molecule has 0 aromatic rings. The van der Waals surface area contributed by atoms with Gasteiger partial charge in [0.05, 0.1) is 0 Å². The van der Waals surface area contributed by atoms with Gasteiger partial charge in [-0.25, -0.2) is 0 Å². The van der Waals surface area contributed by atoms with Gasteiger partial charge in [-0.15, -0.1) is 0 Å². The third-order valence-corrected chi connectivity index (χ3v) is 5.24. The molecule has 2 aliphatic heterocycles. The second-order valence-electron chi connectivity index (χ2n) is 6.67. The maximum atomic E-state index is 2.87. The lowest BCUT2D eigenvalue weighted by Crippen LogP contribution is -2.36. The molecule has 0 bridgehead atoms. The van der Waals surface area contributed by atoms with Crippen molar-refractivity contribution in [2.75, 3.05) is 0 Å². The minimum Gasteiger partial charge on any atom is -0.295 e. The predicted octanol–water partition coefficient (Wildman–Crippen LogP) is 5.14. The highest BCUT2D eigenvalue weighted by molar-refractivity contribution is 4.95. The van der Waals surface area contributed by atoms with Crippen molar-refractivity contribution in [1.82, 2.24) is 4.90 Å². The highest BCUT2D eigenvalue weighted by Gasteiger charge is 2.39. The van der Waals surface area contributed by atoms with E-state index in [1.807, 2.05) is 0 Å². The standard InChI is InChI=1S/C17H33N/c1-3-4-5-6-7-8-9-10-16-13-14-17-12-11-15(2)18(16)17/h15-17H,3-14H2,1-2H3/t15-,16+,17+/m0/s1. The maximum absolute atomic E-state index is 2.87. The van der Waals surface area contributed by atoms with Crippen LogP contribution in [0.3, 0.4) is 0 Å². The van der Waals surface area contributed by atoms with Gasteiger partial charge in [-0.3, -0.25) is 4.90 Å². The number of unbranched alkanes of at least 4 members (excludes halogenated alkanes) is 6. The largest absolute Gasteiger partial charge is 0.295 e. The summed E-state index contributed by atoms with van der Waals surface area (Å²) in [6, 6.07) is 2.80. The molecule has 3 atom stereocenters. The lowest BCUT2D eigenvalue weighted by Gasteiger charge is -2.28. The monoisotopic (exact) mass is 251 g/mol. The van der Waals surface area contributed by atoms with Gasteiger partial charge < -0.3 is 0 Å². The average Bonchev–Trinajstić information content (AvgIpc) is 2.93. The van der Waals surface area contributed by atoms with Crippen molar-refractivity contribution in [3.63, 3.8) is 0 Å². The summed E-state index contributed by atoms with van der Waals surface area (Å²) in [6.07, 6.45) is 17.6. The van der Waals surface area contributed by atoms with Gasteiger partial charge in [0.1, 0.15) is 0 Å². The Morgan fingerprint density at radius 3 is 2.28 bits per heavy atom. The van der Waals surface area contributed by atoms with Crippen LogP contribution in [0.2, 0.25) is 0 Å². The van der Waals surface area contributed by atoms with Crippen molar-refractivity contribution in [2.24, 2.45) is 0 Å². The van der Waals surface area contributed by atoms with Crippen LogP contribution in [-0.2, 0) is 0 Å². The fourth-order valence-electron chi connectivity index (χ4n) is 4.21. The second-order valence-corrected chi connectivity index (χ2v) is 6.67. The lowest BCUT2D eigenvalue weighted by atomic mass is 10.0. The first-order chi connectivity index (χ1) is 8.83. The van der Waals surface area contributed by atoms with Crippen LogP contribution in [0, 0.1) is 0 Å². The molecule has 0 unspecified atom stereocenters. The van der Waals surface area contributed by atoms with Gasteiger partial charge in [0, 0.05) is 18.1 Å². The molecule has 1 nitrogen and oxygen atoms in total. The molecular formula is C17H33N. The molecule has 2 aliphatic rings. The molecule has 2 rings (SSSR count). The second kappa shape index (κ2) is 7.53. The Hall–Kier alpha value is -0.0400. The summed E-state index contributed by atoms with van der Waals surface area (Å²) in [6.45, 7) is 4.75. The van der Waals surface area contributed by atoms with Crippen LogP contribution < -0.4 is 0 Å². The van der Waals surface area contributed by atoms with Crippen LogP contribution >= 0.6 is 0 Å². The molecule has 1 heteroatoms. The number of hydrogen-bond donors (Lipinski definition) is 0. The Morgan fingerprint density at radius 2 is 1.50 bits per heavy atom. The lowest BCUT2D eigenvalue weighted by molar-refractivity contribution is 0.180. The van der Waals surface area contributed by atoms with Crippen molar-refractivity contribution in [2.45, 2.75) is 109 Å². The van der Waals surface area contributed by atoms with Gasteiger partial charge in [-0.1, -0.05) is 51.9 Å². The van der Waals surface area contributed by atoms with E-state index in [0.29, 0.717) is 0 Å². The van der Waals surface area contributed by atoms with E-state index in [2.05, 4.69) is 18.7 Å². The Morgan fingerprint density at radius 1 is 0.833 bits per heavy atom. The molecule has 0 aromatic carbocycles. The minimum atomic E-state index is 0.882. The Kier molecular flexibility index (Phi) is 6.01. The summed E-state index contributed by atoms with van der Waals surface area (Å²) in [5.74, 6) is 0. The van der Waals surface area contributed by atoms with E-state index in [4.69, 9.17) is 0 Å². The SMILES string of the molecule is CCCCCCCCC[C@@H]1CC[C@H]2CC[C@H](C)N12. The van der Waals surface area contributed by atoms with Crippen LogP contribution in [-0.4, -0.2) is 23.0 Å². The average molecular weight is 251 g/mol. The normalized spacial score (nSPS) is 32.0. The Bertz CT molecular complexity index is 226. The van der Waals surface area contributed by atoms with Crippen LogP contribution in [0.1, 0.15) is 90.9 Å². The fraction of sp³-hybridized carbons (Fsp3) is 1.00. The molecule has 0 spiro atoms. The fourth-order valence-corrected chi connectivity index (χ4v) is 4.21. The first kappa shape index (κ1) is 14.4. The molecule has 0 radical (unpaired) electrons. The third-order valence-electron chi connectivity index (χ3n) is 5.24. The molecule has 0 N–H and O–H groups in total. The maximum Gasteiger partial charge on any atom is 0.0102 e. The Balaban J connectivity index is 1.54. The van der Waals surface area contributed by atoms with E-state index >= 15 is 0 Å². The summed E-state index contributed by atoms with van der Waals surface area (Å²) >= 11 is 0. The number of hydrogen-bond acceptors (Lipinski definition) is 1. The van der Waals surface area contributed by atoms with E-state index in [1.165, 1.54) is 77.0 Å². The minimum absolute atomic E-state index is 0.882. The summed E-state index contributed by atoms with van der Waals surface area (Å²) in [4.78, 5) is 2.87. The van der Waals surface area contributed by atoms with Crippen LogP contribution in [0.4, 0.5) is 0 Å². The first-order valence-electron chi connectivity index (χ1n) is 8.60. The van der Waals surface area contributed by atoms with E-state index in [-0.39, 0.29) is 0 Å². The van der Waals surface area contributed by atoms with Crippen LogP contribution in [0.5, 0.6) is 0 Å². The summed E-state index contributed by atoms with van der Waals surface area (Å²) in [7, 11) is 0. The molecule has 106 valence electrons. The zero-order valence-corrected chi connectivity index (χ0v) is 12.7. The highest BCUT2D eigenvalue weighted by Crippen LogP contribution is 2.38. The smallest absolute Gasteiger partial charge is 0.0102 e. The van der Waals surface area contributed by atoms with Crippen LogP contribution in [0.15, 0.2) is 0 Å². The highest BCUT2D eigenvalue weighted by atomic mass is 15.3. The zero-order chi connectivity index (χ0) is 12.8. The molecule has 0 saturated carbocycles. The van der Waals surface area contributed by atoms with Gasteiger partial charge in [0.15, 0.2) is 0 Å². The van der Waals surface area contributed by atoms with Crippen molar-refractivity contribution < 1.29 is 0 Å².